The maximum absolute atomic E-state index is 13.0. The molecule has 1 aliphatic rings. The third-order valence-corrected chi connectivity index (χ3v) is 5.26. The molecular formula is C19H15Cl2N5O. The quantitative estimate of drug-likeness (QED) is 0.637. The maximum Gasteiger partial charge on any atom is 0.259 e. The standard InChI is InChI=1S/C19H15Cl2N5O/c1-11-5-3-8-16(22-11)26-15-9-10-25(12(2)18(15)23-24-26)19(27)13-6-4-7-14(20)17(13)21/h3-10,12H,1-2H3. The van der Waals surface area contributed by atoms with Gasteiger partial charge in [-0.1, -0.05) is 40.5 Å². The van der Waals surface area contributed by atoms with Gasteiger partial charge in [-0.05, 0) is 44.2 Å². The highest BCUT2D eigenvalue weighted by Crippen LogP contribution is 2.33. The van der Waals surface area contributed by atoms with E-state index in [4.69, 9.17) is 23.2 Å². The van der Waals surface area contributed by atoms with Crippen molar-refractivity contribution >= 4 is 35.2 Å². The van der Waals surface area contributed by atoms with E-state index in [1.807, 2.05) is 32.0 Å². The van der Waals surface area contributed by atoms with Crippen molar-refractivity contribution < 1.29 is 4.79 Å². The molecule has 1 atom stereocenters. The number of rotatable bonds is 2. The van der Waals surface area contributed by atoms with Crippen molar-refractivity contribution in [3.8, 4) is 5.82 Å². The van der Waals surface area contributed by atoms with Crippen molar-refractivity contribution in [2.24, 2.45) is 0 Å². The summed E-state index contributed by atoms with van der Waals surface area (Å²) < 4.78 is 1.67. The molecule has 2 aromatic heterocycles. The Bertz CT molecular complexity index is 1080. The molecule has 0 bridgehead atoms. The SMILES string of the molecule is Cc1cccc(-n2nnc3c2C=CN(C(=O)c2cccc(Cl)c2Cl)C3C)n1. The Labute approximate surface area is 166 Å². The van der Waals surface area contributed by atoms with Crippen LogP contribution in [0.1, 0.15) is 40.4 Å². The number of nitrogens with zero attached hydrogens (tertiary/aromatic N) is 5. The van der Waals surface area contributed by atoms with E-state index in [0.717, 1.165) is 11.4 Å². The number of aryl methyl sites for hydroxylation is 1. The van der Waals surface area contributed by atoms with Crippen LogP contribution >= 0.6 is 23.2 Å². The maximum atomic E-state index is 13.0. The number of fused-ring (bicyclic) bond motifs is 1. The third kappa shape index (κ3) is 3.01. The normalized spacial score (nSPS) is 15.7. The Kier molecular flexibility index (Phi) is 4.45. The average molecular weight is 400 g/mol. The fourth-order valence-corrected chi connectivity index (χ4v) is 3.41. The van der Waals surface area contributed by atoms with E-state index in [2.05, 4.69) is 15.3 Å². The molecule has 0 radical (unpaired) electrons. The summed E-state index contributed by atoms with van der Waals surface area (Å²) in [6.07, 6.45) is 3.51. The van der Waals surface area contributed by atoms with E-state index in [-0.39, 0.29) is 17.0 Å². The van der Waals surface area contributed by atoms with E-state index >= 15 is 0 Å². The van der Waals surface area contributed by atoms with Crippen LogP contribution in [0.5, 0.6) is 0 Å². The van der Waals surface area contributed by atoms with Gasteiger partial charge in [-0.25, -0.2) is 4.98 Å². The Hall–Kier alpha value is -2.70. The summed E-state index contributed by atoms with van der Waals surface area (Å²) in [5.41, 5.74) is 2.71. The summed E-state index contributed by atoms with van der Waals surface area (Å²) >= 11 is 12.3. The minimum absolute atomic E-state index is 0.239. The molecule has 1 aromatic carbocycles. The fourth-order valence-electron chi connectivity index (χ4n) is 3.03. The molecular weight excluding hydrogens is 385 g/mol. The highest BCUT2D eigenvalue weighted by atomic mass is 35.5. The molecule has 136 valence electrons. The van der Waals surface area contributed by atoms with E-state index in [1.165, 1.54) is 0 Å². The Morgan fingerprint density at radius 3 is 2.70 bits per heavy atom. The van der Waals surface area contributed by atoms with Crippen LogP contribution in [0, 0.1) is 6.92 Å². The molecule has 4 rings (SSSR count). The van der Waals surface area contributed by atoms with Gasteiger partial charge in [-0.2, -0.15) is 4.68 Å². The molecule has 0 spiro atoms. The summed E-state index contributed by atoms with van der Waals surface area (Å²) in [4.78, 5) is 19.0. The van der Waals surface area contributed by atoms with Crippen molar-refractivity contribution in [1.82, 2.24) is 24.9 Å². The van der Waals surface area contributed by atoms with Gasteiger partial charge in [0.1, 0.15) is 5.69 Å². The summed E-state index contributed by atoms with van der Waals surface area (Å²) in [6, 6.07) is 10.4. The molecule has 6 nitrogen and oxygen atoms in total. The van der Waals surface area contributed by atoms with Crippen molar-refractivity contribution in [3.05, 3.63) is 75.3 Å². The van der Waals surface area contributed by atoms with Crippen LogP contribution in [-0.4, -0.2) is 30.8 Å². The van der Waals surface area contributed by atoms with Crippen LogP contribution in [0.4, 0.5) is 0 Å². The van der Waals surface area contributed by atoms with Crippen molar-refractivity contribution in [2.75, 3.05) is 0 Å². The lowest BCUT2D eigenvalue weighted by molar-refractivity contribution is 0.0774. The zero-order valence-corrected chi connectivity index (χ0v) is 16.1. The number of amides is 1. The molecule has 3 heterocycles. The number of halogens is 2. The molecule has 0 saturated heterocycles. The first-order chi connectivity index (χ1) is 13.0. The van der Waals surface area contributed by atoms with Crippen LogP contribution in [0.3, 0.4) is 0 Å². The van der Waals surface area contributed by atoms with Gasteiger partial charge in [0, 0.05) is 11.9 Å². The lowest BCUT2D eigenvalue weighted by Gasteiger charge is -2.28. The van der Waals surface area contributed by atoms with E-state index < -0.39 is 0 Å². The van der Waals surface area contributed by atoms with Crippen LogP contribution < -0.4 is 0 Å². The van der Waals surface area contributed by atoms with E-state index in [0.29, 0.717) is 22.1 Å². The zero-order valence-electron chi connectivity index (χ0n) is 14.6. The fraction of sp³-hybridized carbons (Fsp3) is 0.158. The van der Waals surface area contributed by atoms with Gasteiger partial charge in [0.25, 0.3) is 5.91 Å². The molecule has 0 N–H and O–H groups in total. The van der Waals surface area contributed by atoms with Crippen molar-refractivity contribution in [3.63, 3.8) is 0 Å². The smallest absolute Gasteiger partial charge is 0.259 e. The topological polar surface area (TPSA) is 63.9 Å². The Balaban J connectivity index is 1.71. The largest absolute Gasteiger partial charge is 0.306 e. The highest BCUT2D eigenvalue weighted by molar-refractivity contribution is 6.43. The minimum atomic E-state index is -0.314. The van der Waals surface area contributed by atoms with Gasteiger partial charge in [-0.3, -0.25) is 4.79 Å². The van der Waals surface area contributed by atoms with Crippen LogP contribution in [0.25, 0.3) is 11.9 Å². The van der Waals surface area contributed by atoms with E-state index in [9.17, 15) is 4.79 Å². The van der Waals surface area contributed by atoms with Crippen LogP contribution in [0.15, 0.2) is 42.6 Å². The number of pyridine rings is 1. The van der Waals surface area contributed by atoms with Gasteiger partial charge < -0.3 is 4.90 Å². The summed E-state index contributed by atoms with van der Waals surface area (Å²) in [5, 5.41) is 9.08. The zero-order chi connectivity index (χ0) is 19.1. The molecule has 0 fully saturated rings. The number of hydrogen-bond donors (Lipinski definition) is 0. The Morgan fingerprint density at radius 2 is 1.93 bits per heavy atom. The monoisotopic (exact) mass is 399 g/mol. The average Bonchev–Trinajstić information content (AvgIpc) is 3.09. The van der Waals surface area contributed by atoms with Gasteiger partial charge in [0.2, 0.25) is 0 Å². The third-order valence-electron chi connectivity index (χ3n) is 4.45. The molecule has 27 heavy (non-hydrogen) atoms. The second-order valence-electron chi connectivity index (χ2n) is 6.21. The van der Waals surface area contributed by atoms with Gasteiger partial charge in [0.05, 0.1) is 27.3 Å². The second kappa shape index (κ2) is 6.79. The van der Waals surface area contributed by atoms with Gasteiger partial charge in [0.15, 0.2) is 5.82 Å². The van der Waals surface area contributed by atoms with Gasteiger partial charge in [-0.15, -0.1) is 5.10 Å². The summed E-state index contributed by atoms with van der Waals surface area (Å²) in [6.45, 7) is 3.81. The molecule has 1 amide bonds. The molecule has 8 heteroatoms. The minimum Gasteiger partial charge on any atom is -0.306 e. The second-order valence-corrected chi connectivity index (χ2v) is 7.00. The molecule has 1 aliphatic heterocycles. The molecule has 1 unspecified atom stereocenters. The predicted molar refractivity (Wildman–Crippen MR) is 104 cm³/mol. The van der Waals surface area contributed by atoms with Crippen LogP contribution in [-0.2, 0) is 0 Å². The first-order valence-electron chi connectivity index (χ1n) is 8.32. The number of aromatic nitrogens is 4. The summed E-state index contributed by atoms with van der Waals surface area (Å²) in [7, 11) is 0. The highest BCUT2D eigenvalue weighted by Gasteiger charge is 2.31. The predicted octanol–water partition coefficient (Wildman–Crippen LogP) is 4.47. The van der Waals surface area contributed by atoms with Crippen LogP contribution in [0.2, 0.25) is 10.0 Å². The molecule has 0 aliphatic carbocycles. The lowest BCUT2D eigenvalue weighted by Crippen LogP contribution is -2.31. The van der Waals surface area contributed by atoms with Crippen molar-refractivity contribution in [2.45, 2.75) is 19.9 Å². The summed E-state index contributed by atoms with van der Waals surface area (Å²) in [5.74, 6) is 0.429. The first-order valence-corrected chi connectivity index (χ1v) is 9.07. The number of carbonyl (C=O) groups excluding carboxylic acids is 1. The Morgan fingerprint density at radius 1 is 1.15 bits per heavy atom. The van der Waals surface area contributed by atoms with Crippen molar-refractivity contribution in [1.29, 1.82) is 0 Å². The number of carbonyl (C=O) groups is 1. The first kappa shape index (κ1) is 17.7. The van der Waals surface area contributed by atoms with Gasteiger partial charge >= 0.3 is 0 Å². The molecule has 3 aromatic rings. The van der Waals surface area contributed by atoms with E-state index in [1.54, 1.807) is 40.1 Å². The number of hydrogen-bond acceptors (Lipinski definition) is 4. The molecule has 0 saturated carbocycles. The lowest BCUT2D eigenvalue weighted by atomic mass is 10.1. The number of benzene rings is 1.